The summed E-state index contributed by atoms with van der Waals surface area (Å²) in [5.41, 5.74) is 0.148. The van der Waals surface area contributed by atoms with Gasteiger partial charge in [0.1, 0.15) is 11.2 Å². The number of benzene rings is 1. The fourth-order valence-electron chi connectivity index (χ4n) is 7.06. The number of nitrogens with one attached hydrogen (secondary N) is 3. The first-order valence-corrected chi connectivity index (χ1v) is 15.9. The summed E-state index contributed by atoms with van der Waals surface area (Å²) in [6.07, 6.45) is 10.5. The molecule has 2 aliphatic heterocycles. The molecule has 1 aromatic rings. The van der Waals surface area contributed by atoms with E-state index in [-0.39, 0.29) is 23.3 Å². The van der Waals surface area contributed by atoms with Crippen LogP contribution in [0.15, 0.2) is 42.5 Å². The third-order valence-electron chi connectivity index (χ3n) is 9.16. The van der Waals surface area contributed by atoms with Crippen LogP contribution < -0.4 is 16.0 Å². The zero-order valence-electron chi connectivity index (χ0n) is 26.9. The maximum Gasteiger partial charge on any atom is 0.408 e. The second-order valence-electron chi connectivity index (χ2n) is 14.8. The molecule has 0 unspecified atom stereocenters. The summed E-state index contributed by atoms with van der Waals surface area (Å²) >= 11 is 0. The molecule has 5 rings (SSSR count). The SMILES string of the molecule is CC(C)(C)OC(=O)N[C@@]12CCCC[C@H]1CNC2.C[C@H](c1ccccc1)N1C[C@@H]2CC=CC[C@@]2(NC(=O)OC(C)(C)C)C1. The second kappa shape index (κ2) is 13.0. The largest absolute Gasteiger partial charge is 0.444 e. The number of allylic oxidation sites excluding steroid dienone is 1. The molecule has 8 heteroatoms. The molecule has 0 spiro atoms. The Morgan fingerprint density at radius 1 is 0.929 bits per heavy atom. The van der Waals surface area contributed by atoms with Crippen molar-refractivity contribution in [2.75, 3.05) is 26.2 Å². The molecule has 0 bridgehead atoms. The smallest absolute Gasteiger partial charge is 0.408 e. The minimum Gasteiger partial charge on any atom is -0.444 e. The summed E-state index contributed by atoms with van der Waals surface area (Å²) in [6.45, 7) is 17.4. The number of fused-ring (bicyclic) bond motifs is 2. The van der Waals surface area contributed by atoms with Crippen molar-refractivity contribution >= 4 is 12.2 Å². The number of carbonyl (C=O) groups excluding carboxylic acids is 2. The van der Waals surface area contributed by atoms with E-state index in [4.69, 9.17) is 9.47 Å². The van der Waals surface area contributed by atoms with Crippen molar-refractivity contribution in [3.05, 3.63) is 48.0 Å². The molecule has 234 valence electrons. The zero-order valence-corrected chi connectivity index (χ0v) is 26.9. The van der Waals surface area contributed by atoms with E-state index in [0.29, 0.717) is 17.9 Å². The first-order valence-electron chi connectivity index (χ1n) is 15.9. The Balaban J connectivity index is 0.000000208. The molecule has 2 amide bonds. The average Bonchev–Trinajstić information content (AvgIpc) is 3.48. The summed E-state index contributed by atoms with van der Waals surface area (Å²) in [6, 6.07) is 10.9. The highest BCUT2D eigenvalue weighted by atomic mass is 16.6. The Labute approximate surface area is 253 Å². The Morgan fingerprint density at radius 3 is 2.21 bits per heavy atom. The number of nitrogens with zero attached hydrogens (tertiary/aromatic N) is 1. The summed E-state index contributed by atoms with van der Waals surface area (Å²) < 4.78 is 10.9. The molecule has 42 heavy (non-hydrogen) atoms. The number of alkyl carbamates (subject to hydrolysis) is 2. The van der Waals surface area contributed by atoms with Gasteiger partial charge in [-0.1, -0.05) is 55.3 Å². The molecule has 8 nitrogen and oxygen atoms in total. The van der Waals surface area contributed by atoms with Gasteiger partial charge in [0.05, 0.1) is 11.1 Å². The Hall–Kier alpha value is -2.58. The monoisotopic (exact) mass is 582 g/mol. The molecule has 3 N–H and O–H groups in total. The summed E-state index contributed by atoms with van der Waals surface area (Å²) in [5.74, 6) is 1.000. The normalized spacial score (nSPS) is 29.8. The van der Waals surface area contributed by atoms with Crippen LogP contribution in [0.1, 0.15) is 98.6 Å². The molecular formula is C34H54N4O4. The van der Waals surface area contributed by atoms with Gasteiger partial charge >= 0.3 is 12.2 Å². The van der Waals surface area contributed by atoms with Gasteiger partial charge in [0, 0.05) is 32.2 Å². The molecule has 2 aliphatic carbocycles. The van der Waals surface area contributed by atoms with Gasteiger partial charge in [0.25, 0.3) is 0 Å². The van der Waals surface area contributed by atoms with Crippen LogP contribution >= 0.6 is 0 Å². The molecule has 2 saturated heterocycles. The van der Waals surface area contributed by atoms with Crippen LogP contribution in [0.5, 0.6) is 0 Å². The quantitative estimate of drug-likeness (QED) is 0.359. The van der Waals surface area contributed by atoms with Crippen LogP contribution in [0, 0.1) is 11.8 Å². The second-order valence-corrected chi connectivity index (χ2v) is 14.8. The minimum absolute atomic E-state index is 0.0550. The van der Waals surface area contributed by atoms with Crippen molar-refractivity contribution in [3.8, 4) is 0 Å². The van der Waals surface area contributed by atoms with Gasteiger partial charge in [0.15, 0.2) is 0 Å². The zero-order chi connectivity index (χ0) is 30.6. The van der Waals surface area contributed by atoms with E-state index < -0.39 is 11.2 Å². The van der Waals surface area contributed by atoms with Crippen LogP contribution in [-0.4, -0.2) is 65.5 Å². The van der Waals surface area contributed by atoms with Gasteiger partial charge in [-0.3, -0.25) is 4.90 Å². The number of hydrogen-bond donors (Lipinski definition) is 3. The third kappa shape index (κ3) is 8.28. The number of likely N-dealkylation sites (tertiary alicyclic amines) is 1. The standard InChI is InChI=1S/C21H30N2O2.C13H24N2O2/c1-16(17-10-6-5-7-11-17)23-14-18-12-8-9-13-21(18,15-23)22-19(24)25-20(2,3)4;1-12(2,3)17-11(16)15-13-7-5-4-6-10(13)8-14-9-13/h5-11,16,18H,12-15H2,1-4H3,(H,22,24);10,14H,4-9H2,1-3H3,(H,15,16)/t16-,18+,21-;10-,13+/m10/s1. The molecule has 5 atom stereocenters. The highest BCUT2D eigenvalue weighted by molar-refractivity contribution is 5.69. The molecule has 2 heterocycles. The van der Waals surface area contributed by atoms with E-state index in [2.05, 4.69) is 70.3 Å². The summed E-state index contributed by atoms with van der Waals surface area (Å²) in [4.78, 5) is 26.8. The van der Waals surface area contributed by atoms with Crippen LogP contribution in [0.3, 0.4) is 0 Å². The minimum atomic E-state index is -0.476. The van der Waals surface area contributed by atoms with Crippen molar-refractivity contribution < 1.29 is 19.1 Å². The van der Waals surface area contributed by atoms with E-state index in [1.54, 1.807) is 0 Å². The number of amides is 2. The van der Waals surface area contributed by atoms with Gasteiger partial charge in [-0.15, -0.1) is 0 Å². The van der Waals surface area contributed by atoms with Crippen molar-refractivity contribution in [3.63, 3.8) is 0 Å². The van der Waals surface area contributed by atoms with E-state index in [0.717, 1.165) is 45.4 Å². The molecule has 4 aliphatic rings. The molecule has 0 aromatic heterocycles. The number of hydrogen-bond acceptors (Lipinski definition) is 6. The average molecular weight is 583 g/mol. The highest BCUT2D eigenvalue weighted by Crippen LogP contribution is 2.40. The predicted molar refractivity (Wildman–Crippen MR) is 167 cm³/mol. The molecular weight excluding hydrogens is 528 g/mol. The maximum absolute atomic E-state index is 12.4. The molecule has 3 fully saturated rings. The van der Waals surface area contributed by atoms with Gasteiger partial charge < -0.3 is 25.4 Å². The van der Waals surface area contributed by atoms with Crippen molar-refractivity contribution in [1.29, 1.82) is 0 Å². The van der Waals surface area contributed by atoms with Gasteiger partial charge in [-0.05, 0) is 91.5 Å². The fourth-order valence-corrected chi connectivity index (χ4v) is 7.06. The first kappa shape index (κ1) is 32.3. The summed E-state index contributed by atoms with van der Waals surface area (Å²) in [5, 5.41) is 9.76. The van der Waals surface area contributed by atoms with Gasteiger partial charge in [-0.2, -0.15) is 0 Å². The number of carbonyl (C=O) groups is 2. The van der Waals surface area contributed by atoms with E-state index in [9.17, 15) is 9.59 Å². The van der Waals surface area contributed by atoms with Gasteiger partial charge in [0.2, 0.25) is 0 Å². The number of ether oxygens (including phenoxy) is 2. The number of rotatable bonds is 4. The highest BCUT2D eigenvalue weighted by Gasteiger charge is 2.49. The van der Waals surface area contributed by atoms with Crippen molar-refractivity contribution in [1.82, 2.24) is 20.9 Å². The Kier molecular flexibility index (Phi) is 9.98. The molecule has 0 radical (unpaired) electrons. The predicted octanol–water partition coefficient (Wildman–Crippen LogP) is 6.34. The topological polar surface area (TPSA) is 91.9 Å². The van der Waals surface area contributed by atoms with E-state index in [1.165, 1.54) is 24.8 Å². The summed E-state index contributed by atoms with van der Waals surface area (Å²) in [7, 11) is 0. The van der Waals surface area contributed by atoms with Crippen LogP contribution in [-0.2, 0) is 9.47 Å². The van der Waals surface area contributed by atoms with Crippen molar-refractivity contribution in [2.45, 2.75) is 115 Å². The van der Waals surface area contributed by atoms with Crippen molar-refractivity contribution in [2.24, 2.45) is 11.8 Å². The van der Waals surface area contributed by atoms with Gasteiger partial charge in [-0.25, -0.2) is 9.59 Å². The lowest BCUT2D eigenvalue weighted by molar-refractivity contribution is 0.0399. The van der Waals surface area contributed by atoms with E-state index >= 15 is 0 Å². The third-order valence-corrected chi connectivity index (χ3v) is 9.16. The van der Waals surface area contributed by atoms with Crippen LogP contribution in [0.25, 0.3) is 0 Å². The Bertz CT molecular complexity index is 1090. The van der Waals surface area contributed by atoms with Crippen LogP contribution in [0.2, 0.25) is 0 Å². The molecule has 1 saturated carbocycles. The van der Waals surface area contributed by atoms with Crippen LogP contribution in [0.4, 0.5) is 9.59 Å². The lowest BCUT2D eigenvalue weighted by Gasteiger charge is -2.39. The molecule has 1 aromatic carbocycles. The first-order chi connectivity index (χ1) is 19.7. The Morgan fingerprint density at radius 2 is 1.57 bits per heavy atom. The maximum atomic E-state index is 12.4. The fraction of sp³-hybridized carbons (Fsp3) is 0.706. The van der Waals surface area contributed by atoms with E-state index in [1.807, 2.05) is 41.5 Å². The lowest BCUT2D eigenvalue weighted by Crippen LogP contribution is -2.56. The lowest BCUT2D eigenvalue weighted by atomic mass is 9.75.